The highest BCUT2D eigenvalue weighted by Crippen LogP contribution is 2.30. The van der Waals surface area contributed by atoms with Gasteiger partial charge in [-0.25, -0.2) is 0 Å². The van der Waals surface area contributed by atoms with Crippen molar-refractivity contribution in [3.63, 3.8) is 0 Å². The molecule has 1 aromatic rings. The molecule has 0 spiro atoms. The zero-order valence-electron chi connectivity index (χ0n) is 15.8. The summed E-state index contributed by atoms with van der Waals surface area (Å²) in [5.74, 6) is 1.45. The molecule has 0 bridgehead atoms. The number of rotatable bonds is 11. The zero-order valence-corrected chi connectivity index (χ0v) is 16.6. The summed E-state index contributed by atoms with van der Waals surface area (Å²) < 4.78 is 0. The normalized spacial score (nSPS) is 13.8. The summed E-state index contributed by atoms with van der Waals surface area (Å²) in [6.07, 6.45) is 4.00. The third-order valence-corrected chi connectivity index (χ3v) is 5.71. The average molecular weight is 354 g/mol. The Morgan fingerprint density at radius 3 is 2.58 bits per heavy atom. The van der Waals surface area contributed by atoms with Crippen LogP contribution in [-0.4, -0.2) is 37.3 Å². The van der Waals surface area contributed by atoms with Gasteiger partial charge in [0.15, 0.2) is 5.96 Å². The number of aliphatic imine (C=N–C) groups is 1. The van der Waals surface area contributed by atoms with Gasteiger partial charge in [-0.15, -0.1) is 11.3 Å². The third kappa shape index (κ3) is 7.22. The van der Waals surface area contributed by atoms with Crippen LogP contribution in [0.4, 0.5) is 0 Å². The van der Waals surface area contributed by atoms with Gasteiger partial charge in [0.2, 0.25) is 0 Å². The number of hydrogen-bond acceptors (Lipinski definition) is 3. The Morgan fingerprint density at radius 1 is 1.29 bits per heavy atom. The molecule has 0 aromatic carbocycles. The van der Waals surface area contributed by atoms with E-state index in [1.165, 1.54) is 4.88 Å². The van der Waals surface area contributed by atoms with E-state index in [2.05, 4.69) is 55.8 Å². The minimum Gasteiger partial charge on any atom is -0.396 e. The standard InChI is InChI=1S/C19H35N3OS/c1-5-19(6-2,10-11-23)15-22-18(20-7-3)21-14-16(4)13-17-9-8-12-24-17/h8-9,12,16,23H,5-7,10-11,13-15H2,1-4H3,(H2,20,21,22). The lowest BCUT2D eigenvalue weighted by molar-refractivity contribution is 0.175. The monoisotopic (exact) mass is 353 g/mol. The van der Waals surface area contributed by atoms with Crippen LogP contribution >= 0.6 is 11.3 Å². The van der Waals surface area contributed by atoms with Gasteiger partial charge in [-0.05, 0) is 55.4 Å². The molecule has 24 heavy (non-hydrogen) atoms. The number of thiophene rings is 1. The molecule has 0 aliphatic heterocycles. The molecule has 0 saturated carbocycles. The summed E-state index contributed by atoms with van der Waals surface area (Å²) in [7, 11) is 0. The molecule has 138 valence electrons. The van der Waals surface area contributed by atoms with Crippen molar-refractivity contribution in [2.75, 3.05) is 26.2 Å². The molecule has 4 nitrogen and oxygen atoms in total. The average Bonchev–Trinajstić information content (AvgIpc) is 3.09. The summed E-state index contributed by atoms with van der Waals surface area (Å²) in [5.41, 5.74) is 0.111. The summed E-state index contributed by atoms with van der Waals surface area (Å²) >= 11 is 1.82. The van der Waals surface area contributed by atoms with Gasteiger partial charge in [-0.1, -0.05) is 26.8 Å². The van der Waals surface area contributed by atoms with E-state index < -0.39 is 0 Å². The molecule has 1 rings (SSSR count). The van der Waals surface area contributed by atoms with Crippen LogP contribution in [0.5, 0.6) is 0 Å². The molecule has 0 radical (unpaired) electrons. The van der Waals surface area contributed by atoms with E-state index in [1.54, 1.807) is 0 Å². The minimum atomic E-state index is 0.111. The molecular weight excluding hydrogens is 318 g/mol. The summed E-state index contributed by atoms with van der Waals surface area (Å²) in [4.78, 5) is 6.24. The van der Waals surface area contributed by atoms with Crippen molar-refractivity contribution in [2.24, 2.45) is 16.3 Å². The SMILES string of the molecule is CCNC(=NCC(CC)(CC)CCO)NCC(C)Cc1cccs1. The second kappa shape index (κ2) is 11.5. The molecule has 0 aliphatic carbocycles. The van der Waals surface area contributed by atoms with Gasteiger partial charge in [0.1, 0.15) is 0 Å². The second-order valence-electron chi connectivity index (χ2n) is 6.65. The maximum Gasteiger partial charge on any atom is 0.191 e. The first-order valence-corrected chi connectivity index (χ1v) is 10.1. The highest BCUT2D eigenvalue weighted by molar-refractivity contribution is 7.09. The highest BCUT2D eigenvalue weighted by Gasteiger charge is 2.25. The summed E-state index contributed by atoms with van der Waals surface area (Å²) in [5, 5.41) is 18.3. The molecule has 1 atom stereocenters. The molecular formula is C19H35N3OS. The van der Waals surface area contributed by atoms with Crippen molar-refractivity contribution in [1.82, 2.24) is 10.6 Å². The highest BCUT2D eigenvalue weighted by atomic mass is 32.1. The Hall–Kier alpha value is -1.07. The largest absolute Gasteiger partial charge is 0.396 e. The molecule has 3 N–H and O–H groups in total. The Bertz CT molecular complexity index is 455. The number of aliphatic hydroxyl groups is 1. The second-order valence-corrected chi connectivity index (χ2v) is 7.68. The zero-order chi connectivity index (χ0) is 17.8. The van der Waals surface area contributed by atoms with E-state index in [0.29, 0.717) is 5.92 Å². The van der Waals surface area contributed by atoms with E-state index in [9.17, 15) is 5.11 Å². The lowest BCUT2D eigenvalue weighted by Gasteiger charge is -2.29. The molecule has 1 aromatic heterocycles. The van der Waals surface area contributed by atoms with Gasteiger partial charge in [-0.2, -0.15) is 0 Å². The van der Waals surface area contributed by atoms with Crippen LogP contribution in [0.25, 0.3) is 0 Å². The van der Waals surface area contributed by atoms with Crippen LogP contribution in [-0.2, 0) is 6.42 Å². The fraction of sp³-hybridized carbons (Fsp3) is 0.737. The van der Waals surface area contributed by atoms with Gasteiger partial charge in [0.05, 0.1) is 0 Å². The van der Waals surface area contributed by atoms with Crippen LogP contribution in [0, 0.1) is 11.3 Å². The van der Waals surface area contributed by atoms with E-state index in [1.807, 2.05) is 11.3 Å². The van der Waals surface area contributed by atoms with Gasteiger partial charge in [0.25, 0.3) is 0 Å². The molecule has 0 aliphatic rings. The van der Waals surface area contributed by atoms with Crippen molar-refractivity contribution in [3.8, 4) is 0 Å². The van der Waals surface area contributed by atoms with Gasteiger partial charge >= 0.3 is 0 Å². The Balaban J connectivity index is 2.57. The quantitative estimate of drug-likeness (QED) is 0.420. The number of hydrogen-bond donors (Lipinski definition) is 3. The first-order chi connectivity index (χ1) is 11.6. The van der Waals surface area contributed by atoms with Crippen molar-refractivity contribution in [3.05, 3.63) is 22.4 Å². The number of guanidine groups is 1. The summed E-state index contributed by atoms with van der Waals surface area (Å²) in [6.45, 7) is 11.5. The topological polar surface area (TPSA) is 56.7 Å². The minimum absolute atomic E-state index is 0.111. The number of nitrogens with zero attached hydrogens (tertiary/aromatic N) is 1. The fourth-order valence-corrected chi connectivity index (χ4v) is 3.72. The smallest absolute Gasteiger partial charge is 0.191 e. The number of aliphatic hydroxyl groups excluding tert-OH is 1. The van der Waals surface area contributed by atoms with Crippen molar-refractivity contribution >= 4 is 17.3 Å². The first kappa shape index (κ1) is 21.0. The lowest BCUT2D eigenvalue weighted by Crippen LogP contribution is -2.40. The molecule has 1 heterocycles. The van der Waals surface area contributed by atoms with E-state index in [0.717, 1.165) is 51.3 Å². The van der Waals surface area contributed by atoms with Crippen LogP contribution < -0.4 is 10.6 Å². The third-order valence-electron chi connectivity index (χ3n) is 4.81. The van der Waals surface area contributed by atoms with Gasteiger partial charge in [0, 0.05) is 31.1 Å². The molecule has 0 fully saturated rings. The van der Waals surface area contributed by atoms with Crippen LogP contribution in [0.2, 0.25) is 0 Å². The Morgan fingerprint density at radius 2 is 2.04 bits per heavy atom. The van der Waals surface area contributed by atoms with Crippen LogP contribution in [0.3, 0.4) is 0 Å². The van der Waals surface area contributed by atoms with Crippen molar-refractivity contribution < 1.29 is 5.11 Å². The maximum atomic E-state index is 9.35. The van der Waals surface area contributed by atoms with Crippen molar-refractivity contribution in [2.45, 2.75) is 53.4 Å². The van der Waals surface area contributed by atoms with E-state index in [4.69, 9.17) is 4.99 Å². The molecule has 5 heteroatoms. The predicted octanol–water partition coefficient (Wildman–Crippen LogP) is 3.67. The number of nitrogens with one attached hydrogen (secondary N) is 2. The maximum absolute atomic E-state index is 9.35. The molecule has 1 unspecified atom stereocenters. The van der Waals surface area contributed by atoms with Gasteiger partial charge < -0.3 is 15.7 Å². The van der Waals surface area contributed by atoms with Gasteiger partial charge in [-0.3, -0.25) is 4.99 Å². The Kier molecular flexibility index (Phi) is 10.0. The van der Waals surface area contributed by atoms with Crippen LogP contribution in [0.15, 0.2) is 22.5 Å². The lowest BCUT2D eigenvalue weighted by atomic mass is 9.79. The first-order valence-electron chi connectivity index (χ1n) is 9.24. The van der Waals surface area contributed by atoms with E-state index in [-0.39, 0.29) is 12.0 Å². The molecule has 0 saturated heterocycles. The fourth-order valence-electron chi connectivity index (χ4n) is 2.85. The van der Waals surface area contributed by atoms with Crippen molar-refractivity contribution in [1.29, 1.82) is 0 Å². The summed E-state index contributed by atoms with van der Waals surface area (Å²) in [6, 6.07) is 4.31. The van der Waals surface area contributed by atoms with E-state index >= 15 is 0 Å². The van der Waals surface area contributed by atoms with Crippen LogP contribution in [0.1, 0.15) is 51.8 Å². The predicted molar refractivity (Wildman–Crippen MR) is 106 cm³/mol. The Labute approximate surface area is 151 Å². The molecule has 0 amide bonds.